The van der Waals surface area contributed by atoms with Crippen LogP contribution in [0.1, 0.15) is 58.0 Å². The summed E-state index contributed by atoms with van der Waals surface area (Å²) in [5.41, 5.74) is 1.54. The Morgan fingerprint density at radius 1 is 1.33 bits per heavy atom. The third kappa shape index (κ3) is 5.44. The van der Waals surface area contributed by atoms with Gasteiger partial charge in [-0.25, -0.2) is 4.79 Å². The van der Waals surface area contributed by atoms with E-state index < -0.39 is 5.60 Å². The SMILES string of the molecule is Cc1nccnc1C(C)NCC1CCN(C(=O)OC(C)(C)C)CC1. The number of carbonyl (C=O) groups excluding carboxylic acids is 1. The molecule has 2 rings (SSSR count). The second-order valence-corrected chi connectivity index (χ2v) is 7.57. The summed E-state index contributed by atoms with van der Waals surface area (Å²) in [4.78, 5) is 22.6. The molecular weight excluding hydrogens is 304 g/mol. The minimum Gasteiger partial charge on any atom is -0.444 e. The Hall–Kier alpha value is -1.69. The number of ether oxygens (including phenoxy) is 1. The Bertz CT molecular complexity index is 548. The van der Waals surface area contributed by atoms with E-state index in [1.54, 1.807) is 12.4 Å². The van der Waals surface area contributed by atoms with Crippen molar-refractivity contribution in [1.82, 2.24) is 20.2 Å². The third-order valence-corrected chi connectivity index (χ3v) is 4.31. The van der Waals surface area contributed by atoms with Crippen molar-refractivity contribution in [2.75, 3.05) is 19.6 Å². The van der Waals surface area contributed by atoms with Gasteiger partial charge in [-0.1, -0.05) is 0 Å². The maximum absolute atomic E-state index is 12.1. The van der Waals surface area contributed by atoms with Crippen LogP contribution in [0.25, 0.3) is 0 Å². The first-order valence-corrected chi connectivity index (χ1v) is 8.75. The van der Waals surface area contributed by atoms with E-state index in [2.05, 4.69) is 22.2 Å². The molecule has 2 heterocycles. The second kappa shape index (κ2) is 7.92. The number of likely N-dealkylation sites (tertiary alicyclic amines) is 1. The van der Waals surface area contributed by atoms with Gasteiger partial charge in [-0.2, -0.15) is 0 Å². The molecule has 1 aliphatic rings. The van der Waals surface area contributed by atoms with Gasteiger partial charge in [-0.05, 0) is 59.9 Å². The topological polar surface area (TPSA) is 67.4 Å². The molecule has 6 heteroatoms. The number of carbonyl (C=O) groups is 1. The Morgan fingerprint density at radius 2 is 1.96 bits per heavy atom. The van der Waals surface area contributed by atoms with E-state index in [1.165, 1.54) is 0 Å². The summed E-state index contributed by atoms with van der Waals surface area (Å²) in [6.45, 7) is 12.3. The molecule has 0 saturated carbocycles. The summed E-state index contributed by atoms with van der Waals surface area (Å²) < 4.78 is 5.44. The normalized spacial score (nSPS) is 17.6. The van der Waals surface area contributed by atoms with Gasteiger partial charge < -0.3 is 15.0 Å². The lowest BCUT2D eigenvalue weighted by molar-refractivity contribution is 0.0183. The van der Waals surface area contributed by atoms with E-state index in [4.69, 9.17) is 4.74 Å². The highest BCUT2D eigenvalue weighted by atomic mass is 16.6. The molecule has 24 heavy (non-hydrogen) atoms. The molecule has 0 aromatic carbocycles. The summed E-state index contributed by atoms with van der Waals surface area (Å²) in [5.74, 6) is 0.572. The maximum Gasteiger partial charge on any atom is 0.410 e. The maximum atomic E-state index is 12.1. The van der Waals surface area contributed by atoms with E-state index in [1.807, 2.05) is 32.6 Å². The first-order valence-electron chi connectivity index (χ1n) is 8.75. The molecule has 1 aromatic heterocycles. The average molecular weight is 334 g/mol. The van der Waals surface area contributed by atoms with Crippen molar-refractivity contribution in [2.45, 2.75) is 59.1 Å². The zero-order valence-corrected chi connectivity index (χ0v) is 15.5. The standard InChI is InChI=1S/C18H30N4O2/c1-13-16(20-9-8-19-13)14(2)21-12-15-6-10-22(11-7-15)17(23)24-18(3,4)5/h8-9,14-15,21H,6-7,10-12H2,1-5H3. The van der Waals surface area contributed by atoms with Crippen molar-refractivity contribution in [2.24, 2.45) is 5.92 Å². The lowest BCUT2D eigenvalue weighted by Gasteiger charge is -2.34. The quantitative estimate of drug-likeness (QED) is 0.916. The first-order chi connectivity index (χ1) is 11.3. The van der Waals surface area contributed by atoms with Crippen LogP contribution in [-0.4, -0.2) is 46.2 Å². The molecule has 0 radical (unpaired) electrons. The molecule has 134 valence electrons. The van der Waals surface area contributed by atoms with E-state index in [0.717, 1.165) is 43.9 Å². The zero-order chi connectivity index (χ0) is 17.7. The Kier molecular flexibility index (Phi) is 6.15. The molecule has 1 amide bonds. The average Bonchev–Trinajstić information content (AvgIpc) is 2.52. The van der Waals surface area contributed by atoms with E-state index in [0.29, 0.717) is 5.92 Å². The number of rotatable bonds is 4. The number of nitrogens with one attached hydrogen (secondary N) is 1. The summed E-state index contributed by atoms with van der Waals surface area (Å²) in [7, 11) is 0. The van der Waals surface area contributed by atoms with Crippen molar-refractivity contribution in [3.63, 3.8) is 0 Å². The van der Waals surface area contributed by atoms with Crippen LogP contribution >= 0.6 is 0 Å². The minimum atomic E-state index is -0.431. The molecule has 1 N–H and O–H groups in total. The Labute approximate surface area is 145 Å². The van der Waals surface area contributed by atoms with Gasteiger partial charge in [0.2, 0.25) is 0 Å². The molecule has 1 atom stereocenters. The van der Waals surface area contributed by atoms with Gasteiger partial charge in [0.15, 0.2) is 0 Å². The molecule has 0 aliphatic carbocycles. The summed E-state index contributed by atoms with van der Waals surface area (Å²) in [5, 5.41) is 3.55. The fraction of sp³-hybridized carbons (Fsp3) is 0.722. The highest BCUT2D eigenvalue weighted by Gasteiger charge is 2.27. The molecule has 6 nitrogen and oxygen atoms in total. The molecule has 1 unspecified atom stereocenters. The molecule has 1 saturated heterocycles. The predicted molar refractivity (Wildman–Crippen MR) is 93.7 cm³/mol. The molecule has 0 bridgehead atoms. The lowest BCUT2D eigenvalue weighted by Crippen LogP contribution is -2.43. The summed E-state index contributed by atoms with van der Waals surface area (Å²) in [6, 6.07) is 0.183. The third-order valence-electron chi connectivity index (χ3n) is 4.31. The van der Waals surface area contributed by atoms with Crippen LogP contribution < -0.4 is 5.32 Å². The van der Waals surface area contributed by atoms with Crippen LogP contribution in [0, 0.1) is 12.8 Å². The van der Waals surface area contributed by atoms with Gasteiger partial charge in [0.1, 0.15) is 5.60 Å². The zero-order valence-electron chi connectivity index (χ0n) is 15.5. The smallest absolute Gasteiger partial charge is 0.410 e. The number of piperidine rings is 1. The monoisotopic (exact) mass is 334 g/mol. The van der Waals surface area contributed by atoms with Crippen LogP contribution in [0.3, 0.4) is 0 Å². The number of hydrogen-bond donors (Lipinski definition) is 1. The molecule has 1 aliphatic heterocycles. The fourth-order valence-electron chi connectivity index (χ4n) is 2.93. The summed E-state index contributed by atoms with van der Waals surface area (Å²) >= 11 is 0. The van der Waals surface area contributed by atoms with Crippen LogP contribution in [0.15, 0.2) is 12.4 Å². The van der Waals surface area contributed by atoms with Gasteiger partial charge in [0.25, 0.3) is 0 Å². The van der Waals surface area contributed by atoms with Crippen LogP contribution in [-0.2, 0) is 4.74 Å². The van der Waals surface area contributed by atoms with E-state index in [-0.39, 0.29) is 12.1 Å². The van der Waals surface area contributed by atoms with Crippen molar-refractivity contribution in [3.8, 4) is 0 Å². The minimum absolute atomic E-state index is 0.183. The van der Waals surface area contributed by atoms with Crippen LogP contribution in [0.5, 0.6) is 0 Å². The van der Waals surface area contributed by atoms with Gasteiger partial charge in [0.05, 0.1) is 11.4 Å². The number of aromatic nitrogens is 2. The van der Waals surface area contributed by atoms with Crippen molar-refractivity contribution < 1.29 is 9.53 Å². The van der Waals surface area contributed by atoms with Crippen molar-refractivity contribution >= 4 is 6.09 Å². The van der Waals surface area contributed by atoms with Crippen molar-refractivity contribution in [3.05, 3.63) is 23.8 Å². The molecule has 0 spiro atoms. The molecule has 1 aromatic rings. The van der Waals surface area contributed by atoms with Gasteiger partial charge >= 0.3 is 6.09 Å². The number of hydrogen-bond acceptors (Lipinski definition) is 5. The first kappa shape index (κ1) is 18.6. The molecular formula is C18H30N4O2. The Morgan fingerprint density at radius 3 is 2.54 bits per heavy atom. The van der Waals surface area contributed by atoms with E-state index in [9.17, 15) is 4.79 Å². The highest BCUT2D eigenvalue weighted by molar-refractivity contribution is 5.68. The lowest BCUT2D eigenvalue weighted by atomic mass is 9.96. The number of amides is 1. The van der Waals surface area contributed by atoms with Gasteiger partial charge in [-0.3, -0.25) is 9.97 Å². The number of aryl methyl sites for hydroxylation is 1. The van der Waals surface area contributed by atoms with Crippen LogP contribution in [0.4, 0.5) is 4.79 Å². The summed E-state index contributed by atoms with van der Waals surface area (Å²) in [6.07, 6.45) is 5.26. The fourth-order valence-corrected chi connectivity index (χ4v) is 2.93. The van der Waals surface area contributed by atoms with E-state index >= 15 is 0 Å². The second-order valence-electron chi connectivity index (χ2n) is 7.57. The Balaban J connectivity index is 1.75. The van der Waals surface area contributed by atoms with Gasteiger partial charge in [-0.15, -0.1) is 0 Å². The van der Waals surface area contributed by atoms with Gasteiger partial charge in [0, 0.05) is 31.5 Å². The highest BCUT2D eigenvalue weighted by Crippen LogP contribution is 2.20. The largest absolute Gasteiger partial charge is 0.444 e. The number of nitrogens with zero attached hydrogens (tertiary/aromatic N) is 3. The predicted octanol–water partition coefficient (Wildman–Crippen LogP) is 3.08. The van der Waals surface area contributed by atoms with Crippen LogP contribution in [0.2, 0.25) is 0 Å². The molecule has 1 fully saturated rings. The van der Waals surface area contributed by atoms with Crippen molar-refractivity contribution in [1.29, 1.82) is 0 Å².